The van der Waals surface area contributed by atoms with Crippen LogP contribution in [-0.4, -0.2) is 35.4 Å². The number of nitrogens with zero attached hydrogens (tertiary/aromatic N) is 1. The number of amides is 3. The van der Waals surface area contributed by atoms with E-state index >= 15 is 0 Å². The molecule has 3 amide bonds. The van der Waals surface area contributed by atoms with Gasteiger partial charge in [0.2, 0.25) is 0 Å². The lowest BCUT2D eigenvalue weighted by Crippen LogP contribution is -2.44. The molecule has 0 aromatic heterocycles. The average molecular weight is 438 g/mol. The number of carbonyl (C=O) groups is 2. The summed E-state index contributed by atoms with van der Waals surface area (Å²) in [4.78, 5) is 26.6. The van der Waals surface area contributed by atoms with Crippen LogP contribution in [0.25, 0.3) is 0 Å². The molecule has 1 aliphatic rings. The zero-order valence-corrected chi connectivity index (χ0v) is 19.0. The number of urea groups is 1. The van der Waals surface area contributed by atoms with Crippen molar-refractivity contribution in [1.82, 2.24) is 15.5 Å². The Morgan fingerprint density at radius 2 is 1.88 bits per heavy atom. The normalized spacial score (nSPS) is 18.0. The second-order valence-electron chi connectivity index (χ2n) is 8.65. The molecule has 170 valence electrons. The van der Waals surface area contributed by atoms with Crippen LogP contribution in [0.5, 0.6) is 5.75 Å². The Hall–Kier alpha value is -3.55. The molecule has 0 spiro atoms. The first-order chi connectivity index (χ1) is 15.2. The lowest BCUT2D eigenvalue weighted by atomic mass is 9.91. The predicted octanol–water partition coefficient (Wildman–Crippen LogP) is 3.69. The van der Waals surface area contributed by atoms with E-state index in [9.17, 15) is 9.59 Å². The molecule has 0 saturated carbocycles. The fourth-order valence-electron chi connectivity index (χ4n) is 3.94. The Morgan fingerprint density at radius 1 is 1.19 bits per heavy atom. The molecule has 4 N–H and O–H groups in total. The molecular weight excluding hydrogens is 406 g/mol. The maximum absolute atomic E-state index is 12.9. The minimum atomic E-state index is -0.746. The maximum Gasteiger partial charge on any atom is 0.319 e. The molecule has 32 heavy (non-hydrogen) atoms. The topological polar surface area (TPSA) is 107 Å². The fourth-order valence-corrected chi connectivity index (χ4v) is 3.94. The van der Waals surface area contributed by atoms with Gasteiger partial charge in [-0.1, -0.05) is 38.1 Å². The smallest absolute Gasteiger partial charge is 0.319 e. The highest BCUT2D eigenvalue weighted by molar-refractivity contribution is 6.07. The van der Waals surface area contributed by atoms with Crippen LogP contribution in [0, 0.1) is 11.3 Å². The van der Waals surface area contributed by atoms with Crippen molar-refractivity contribution in [2.75, 3.05) is 12.4 Å². The van der Waals surface area contributed by atoms with Crippen molar-refractivity contribution in [1.29, 1.82) is 5.41 Å². The van der Waals surface area contributed by atoms with E-state index in [-0.39, 0.29) is 17.9 Å². The minimum absolute atomic E-state index is 0.0846. The molecule has 0 radical (unpaired) electrons. The summed E-state index contributed by atoms with van der Waals surface area (Å²) in [7, 11) is 1.59. The van der Waals surface area contributed by atoms with Crippen molar-refractivity contribution < 1.29 is 14.3 Å². The number of rotatable bonds is 8. The van der Waals surface area contributed by atoms with Crippen LogP contribution in [-0.2, 0) is 17.9 Å². The summed E-state index contributed by atoms with van der Waals surface area (Å²) in [5, 5.41) is 16.9. The molecule has 1 heterocycles. The number of carbonyl (C=O) groups excluding carboxylic acids is 2. The summed E-state index contributed by atoms with van der Waals surface area (Å²) in [6, 6.07) is 14.4. The molecule has 1 atom stereocenters. The molecule has 0 aliphatic carbocycles. The van der Waals surface area contributed by atoms with E-state index in [2.05, 4.69) is 29.8 Å². The van der Waals surface area contributed by atoms with Gasteiger partial charge in [-0.05, 0) is 54.7 Å². The van der Waals surface area contributed by atoms with Crippen LogP contribution < -0.4 is 20.7 Å². The van der Waals surface area contributed by atoms with Crippen molar-refractivity contribution >= 4 is 23.6 Å². The van der Waals surface area contributed by atoms with Crippen molar-refractivity contribution in [3.8, 4) is 5.75 Å². The number of methoxy groups -OCH3 is 1. The summed E-state index contributed by atoms with van der Waals surface area (Å²) >= 11 is 0. The highest BCUT2D eigenvalue weighted by Gasteiger charge is 2.45. The molecule has 1 aliphatic heterocycles. The third-order valence-corrected chi connectivity index (χ3v) is 5.33. The van der Waals surface area contributed by atoms with E-state index in [1.165, 1.54) is 4.90 Å². The first kappa shape index (κ1) is 23.1. The highest BCUT2D eigenvalue weighted by Crippen LogP contribution is 2.26. The van der Waals surface area contributed by atoms with Gasteiger partial charge in [0, 0.05) is 12.2 Å². The van der Waals surface area contributed by atoms with Crippen LogP contribution in [0.1, 0.15) is 38.3 Å². The van der Waals surface area contributed by atoms with E-state index in [4.69, 9.17) is 10.1 Å². The summed E-state index contributed by atoms with van der Waals surface area (Å²) < 4.78 is 5.11. The number of guanidine groups is 1. The van der Waals surface area contributed by atoms with Gasteiger partial charge >= 0.3 is 6.03 Å². The van der Waals surface area contributed by atoms with Gasteiger partial charge in [0.15, 0.2) is 5.96 Å². The SMILES string of the molecule is COc1ccc(NC(=O)NCc2cccc(CN3C(=N)NC(C)(CC(C)C)C3=O)c2)cc1. The van der Waals surface area contributed by atoms with E-state index in [1.807, 2.05) is 31.2 Å². The molecule has 8 nitrogen and oxygen atoms in total. The van der Waals surface area contributed by atoms with Crippen LogP contribution in [0.3, 0.4) is 0 Å². The highest BCUT2D eigenvalue weighted by atomic mass is 16.5. The van der Waals surface area contributed by atoms with E-state index < -0.39 is 5.54 Å². The summed E-state index contributed by atoms with van der Waals surface area (Å²) in [5.41, 5.74) is 1.72. The summed E-state index contributed by atoms with van der Waals surface area (Å²) in [6.45, 7) is 6.63. The Labute approximate surface area is 188 Å². The zero-order chi connectivity index (χ0) is 23.3. The largest absolute Gasteiger partial charge is 0.497 e. The van der Waals surface area contributed by atoms with Crippen LogP contribution >= 0.6 is 0 Å². The Morgan fingerprint density at radius 3 is 2.53 bits per heavy atom. The molecule has 2 aromatic rings. The Balaban J connectivity index is 1.57. The number of hydrogen-bond donors (Lipinski definition) is 4. The maximum atomic E-state index is 12.9. The standard InChI is InChI=1S/C24H31N5O3/c1-16(2)13-24(3)21(30)29(22(25)28-24)15-18-7-5-6-17(12-18)14-26-23(31)27-19-8-10-20(32-4)11-9-19/h5-12,16H,13-15H2,1-4H3,(H2,25,28)(H2,26,27,31). The first-order valence-electron chi connectivity index (χ1n) is 10.7. The third kappa shape index (κ3) is 5.57. The van der Waals surface area contributed by atoms with Gasteiger partial charge in [-0.2, -0.15) is 0 Å². The van der Waals surface area contributed by atoms with Gasteiger partial charge in [-0.25, -0.2) is 4.79 Å². The molecule has 2 aromatic carbocycles. The average Bonchev–Trinajstić information content (AvgIpc) is 2.95. The van der Waals surface area contributed by atoms with Gasteiger partial charge in [0.25, 0.3) is 5.91 Å². The van der Waals surface area contributed by atoms with Crippen molar-refractivity contribution in [3.05, 3.63) is 59.7 Å². The van der Waals surface area contributed by atoms with Gasteiger partial charge in [0.05, 0.1) is 13.7 Å². The fraction of sp³-hybridized carbons (Fsp3) is 0.375. The van der Waals surface area contributed by atoms with Crippen molar-refractivity contribution in [2.24, 2.45) is 5.92 Å². The Kier molecular flexibility index (Phi) is 7.02. The quantitative estimate of drug-likeness (QED) is 0.505. The zero-order valence-electron chi connectivity index (χ0n) is 19.0. The molecule has 1 fully saturated rings. The number of anilines is 1. The number of nitrogens with one attached hydrogen (secondary N) is 4. The molecule has 1 saturated heterocycles. The molecule has 0 bridgehead atoms. The van der Waals surface area contributed by atoms with E-state index in [0.717, 1.165) is 16.9 Å². The summed E-state index contributed by atoms with van der Waals surface area (Å²) in [6.07, 6.45) is 0.665. The Bertz CT molecular complexity index is 989. The second-order valence-corrected chi connectivity index (χ2v) is 8.65. The lowest BCUT2D eigenvalue weighted by Gasteiger charge is -2.24. The number of benzene rings is 2. The van der Waals surface area contributed by atoms with Gasteiger partial charge in [0.1, 0.15) is 11.3 Å². The minimum Gasteiger partial charge on any atom is -0.497 e. The molecular formula is C24H31N5O3. The van der Waals surface area contributed by atoms with Gasteiger partial charge < -0.3 is 20.7 Å². The molecule has 1 unspecified atom stereocenters. The van der Waals surface area contributed by atoms with Crippen LogP contribution in [0.4, 0.5) is 10.5 Å². The molecule has 8 heteroatoms. The summed E-state index contributed by atoms with van der Waals surface area (Å²) in [5.74, 6) is 1.10. The number of ether oxygens (including phenoxy) is 1. The molecule has 3 rings (SSSR count). The van der Waals surface area contributed by atoms with Crippen molar-refractivity contribution in [3.63, 3.8) is 0 Å². The van der Waals surface area contributed by atoms with Gasteiger partial charge in [-0.15, -0.1) is 0 Å². The second kappa shape index (κ2) is 9.72. The predicted molar refractivity (Wildman–Crippen MR) is 125 cm³/mol. The van der Waals surface area contributed by atoms with Gasteiger partial charge in [-0.3, -0.25) is 15.1 Å². The van der Waals surface area contributed by atoms with Crippen LogP contribution in [0.2, 0.25) is 0 Å². The van der Waals surface area contributed by atoms with Crippen molar-refractivity contribution in [2.45, 2.75) is 45.8 Å². The lowest BCUT2D eigenvalue weighted by molar-refractivity contribution is -0.131. The van der Waals surface area contributed by atoms with E-state index in [0.29, 0.717) is 31.1 Å². The number of hydrogen-bond acceptors (Lipinski definition) is 4. The monoisotopic (exact) mass is 437 g/mol. The third-order valence-electron chi connectivity index (χ3n) is 5.33. The first-order valence-corrected chi connectivity index (χ1v) is 10.7. The van der Waals surface area contributed by atoms with E-state index in [1.54, 1.807) is 31.4 Å². The van der Waals surface area contributed by atoms with Crippen LogP contribution in [0.15, 0.2) is 48.5 Å².